The molecule has 136 valence electrons. The van der Waals surface area contributed by atoms with Crippen LogP contribution in [0.1, 0.15) is 35.5 Å². The second-order valence-electron chi connectivity index (χ2n) is 6.46. The number of benzene rings is 1. The van der Waals surface area contributed by atoms with Crippen LogP contribution in [0.4, 0.5) is 8.78 Å². The first-order valence-electron chi connectivity index (χ1n) is 8.16. The normalized spacial score (nSPS) is 11.3. The largest absolute Gasteiger partial charge is 0.477 e. The van der Waals surface area contributed by atoms with E-state index in [0.717, 1.165) is 11.6 Å². The van der Waals surface area contributed by atoms with Gasteiger partial charge in [-0.15, -0.1) is 11.3 Å². The molecule has 0 aliphatic heterocycles. The quantitative estimate of drug-likeness (QED) is 0.670. The van der Waals surface area contributed by atoms with Crippen molar-refractivity contribution in [3.8, 4) is 10.6 Å². The Bertz CT molecular complexity index is 933. The second kappa shape index (κ2) is 7.37. The van der Waals surface area contributed by atoms with Gasteiger partial charge in [-0.1, -0.05) is 26.0 Å². The summed E-state index contributed by atoms with van der Waals surface area (Å²) in [5.74, 6) is -2.73. The summed E-state index contributed by atoms with van der Waals surface area (Å²) < 4.78 is 29.0. The standard InChI is InChI=1S/C19H18F2N2O2S/c1-11(2)8-13-10-23(9-12-4-3-5-14(20)16(12)21)17(19(24)25)15(13)18-22-6-7-26-18/h3-7,10-11H,8-9H2,1-2H3,(H,24,25). The number of aromatic nitrogens is 2. The van der Waals surface area contributed by atoms with Crippen LogP contribution in [0.25, 0.3) is 10.6 Å². The van der Waals surface area contributed by atoms with E-state index in [-0.39, 0.29) is 17.8 Å². The minimum absolute atomic E-state index is 0.0410. The molecule has 2 heterocycles. The van der Waals surface area contributed by atoms with Gasteiger partial charge in [-0.2, -0.15) is 0 Å². The van der Waals surface area contributed by atoms with Crippen molar-refractivity contribution < 1.29 is 18.7 Å². The van der Waals surface area contributed by atoms with Crippen LogP contribution >= 0.6 is 11.3 Å². The van der Waals surface area contributed by atoms with Gasteiger partial charge in [0.1, 0.15) is 10.7 Å². The Morgan fingerprint density at radius 2 is 2.08 bits per heavy atom. The van der Waals surface area contributed by atoms with E-state index in [1.807, 2.05) is 13.8 Å². The van der Waals surface area contributed by atoms with Gasteiger partial charge in [-0.05, 0) is 24.0 Å². The maximum Gasteiger partial charge on any atom is 0.353 e. The van der Waals surface area contributed by atoms with E-state index in [1.165, 1.54) is 28.0 Å². The van der Waals surface area contributed by atoms with E-state index >= 15 is 0 Å². The lowest BCUT2D eigenvalue weighted by Gasteiger charge is -2.09. The van der Waals surface area contributed by atoms with Crippen molar-refractivity contribution in [2.45, 2.75) is 26.8 Å². The number of nitrogens with zero attached hydrogens (tertiary/aromatic N) is 2. The summed E-state index contributed by atoms with van der Waals surface area (Å²) in [6.45, 7) is 4.01. The van der Waals surface area contributed by atoms with Crippen LogP contribution in [0.3, 0.4) is 0 Å². The van der Waals surface area contributed by atoms with Crippen molar-refractivity contribution in [1.82, 2.24) is 9.55 Å². The van der Waals surface area contributed by atoms with Gasteiger partial charge in [0.05, 0.1) is 6.54 Å². The first-order valence-corrected chi connectivity index (χ1v) is 9.04. The zero-order chi connectivity index (χ0) is 18.8. The molecule has 0 saturated heterocycles. The lowest BCUT2D eigenvalue weighted by molar-refractivity contribution is 0.0686. The van der Waals surface area contributed by atoms with Crippen molar-refractivity contribution in [3.05, 3.63) is 64.4 Å². The summed E-state index contributed by atoms with van der Waals surface area (Å²) in [6, 6.07) is 3.90. The Morgan fingerprint density at radius 1 is 1.31 bits per heavy atom. The summed E-state index contributed by atoms with van der Waals surface area (Å²) in [6.07, 6.45) is 3.99. The number of carbonyl (C=O) groups is 1. The molecule has 0 amide bonds. The van der Waals surface area contributed by atoms with Crippen molar-refractivity contribution in [2.75, 3.05) is 0 Å². The number of thiazole rings is 1. The molecule has 1 N–H and O–H groups in total. The summed E-state index contributed by atoms with van der Waals surface area (Å²) in [5, 5.41) is 12.2. The maximum atomic E-state index is 14.1. The van der Waals surface area contributed by atoms with Gasteiger partial charge in [-0.25, -0.2) is 18.6 Å². The van der Waals surface area contributed by atoms with Crippen LogP contribution in [-0.2, 0) is 13.0 Å². The molecule has 3 aromatic rings. The number of hydrogen-bond acceptors (Lipinski definition) is 3. The van der Waals surface area contributed by atoms with E-state index in [0.29, 0.717) is 22.9 Å². The number of carboxylic acids is 1. The minimum atomic E-state index is -1.12. The van der Waals surface area contributed by atoms with Crippen molar-refractivity contribution in [3.63, 3.8) is 0 Å². The summed E-state index contributed by atoms with van der Waals surface area (Å²) in [7, 11) is 0. The van der Waals surface area contributed by atoms with Gasteiger partial charge >= 0.3 is 5.97 Å². The molecule has 1 aromatic carbocycles. The molecular formula is C19H18F2N2O2S. The van der Waals surface area contributed by atoms with Crippen LogP contribution in [0.5, 0.6) is 0 Å². The average molecular weight is 376 g/mol. The zero-order valence-corrected chi connectivity index (χ0v) is 15.2. The van der Waals surface area contributed by atoms with E-state index in [4.69, 9.17) is 0 Å². The molecule has 0 aliphatic carbocycles. The van der Waals surface area contributed by atoms with Crippen LogP contribution in [0.2, 0.25) is 0 Å². The third kappa shape index (κ3) is 3.53. The molecule has 0 spiro atoms. The Kier molecular flexibility index (Phi) is 5.18. The number of aromatic carboxylic acids is 1. The monoisotopic (exact) mass is 376 g/mol. The number of halogens is 2. The lowest BCUT2D eigenvalue weighted by atomic mass is 10.0. The third-order valence-electron chi connectivity index (χ3n) is 4.01. The summed E-state index contributed by atoms with van der Waals surface area (Å²) >= 11 is 1.35. The molecule has 0 fully saturated rings. The predicted molar refractivity (Wildman–Crippen MR) is 96.5 cm³/mol. The Hall–Kier alpha value is -2.54. The average Bonchev–Trinajstić information content (AvgIpc) is 3.18. The molecule has 2 aromatic heterocycles. The SMILES string of the molecule is CC(C)Cc1cn(Cc2cccc(F)c2F)c(C(=O)O)c1-c1nccs1. The molecule has 4 nitrogen and oxygen atoms in total. The maximum absolute atomic E-state index is 14.1. The van der Waals surface area contributed by atoms with Crippen LogP contribution in [0.15, 0.2) is 36.0 Å². The smallest absolute Gasteiger partial charge is 0.353 e. The highest BCUT2D eigenvalue weighted by Gasteiger charge is 2.25. The molecule has 0 saturated carbocycles. The highest BCUT2D eigenvalue weighted by molar-refractivity contribution is 7.13. The van der Waals surface area contributed by atoms with E-state index < -0.39 is 17.6 Å². The predicted octanol–water partition coefficient (Wildman–Crippen LogP) is 4.83. The van der Waals surface area contributed by atoms with Gasteiger partial charge < -0.3 is 9.67 Å². The highest BCUT2D eigenvalue weighted by Crippen LogP contribution is 2.33. The van der Waals surface area contributed by atoms with E-state index in [9.17, 15) is 18.7 Å². The Labute approximate surface area is 153 Å². The van der Waals surface area contributed by atoms with Crippen molar-refractivity contribution in [2.24, 2.45) is 5.92 Å². The molecular weight excluding hydrogens is 358 g/mol. The number of hydrogen-bond donors (Lipinski definition) is 1. The summed E-state index contributed by atoms with van der Waals surface area (Å²) in [5.41, 5.74) is 1.53. The minimum Gasteiger partial charge on any atom is -0.477 e. The molecule has 0 bridgehead atoms. The van der Waals surface area contributed by atoms with Crippen molar-refractivity contribution >= 4 is 17.3 Å². The van der Waals surface area contributed by atoms with E-state index in [2.05, 4.69) is 4.98 Å². The van der Waals surface area contributed by atoms with Gasteiger partial charge in [0.25, 0.3) is 0 Å². The second-order valence-corrected chi connectivity index (χ2v) is 7.35. The molecule has 7 heteroatoms. The van der Waals surface area contributed by atoms with Gasteiger partial charge in [0.15, 0.2) is 11.6 Å². The van der Waals surface area contributed by atoms with Crippen molar-refractivity contribution in [1.29, 1.82) is 0 Å². The fourth-order valence-electron chi connectivity index (χ4n) is 3.00. The fraction of sp³-hybridized carbons (Fsp3) is 0.263. The van der Waals surface area contributed by atoms with Crippen LogP contribution in [0, 0.1) is 17.6 Å². The third-order valence-corrected chi connectivity index (χ3v) is 4.80. The van der Waals surface area contributed by atoms with Gasteiger partial charge in [0.2, 0.25) is 0 Å². The molecule has 26 heavy (non-hydrogen) atoms. The Morgan fingerprint density at radius 3 is 2.69 bits per heavy atom. The molecule has 0 atom stereocenters. The van der Waals surface area contributed by atoms with Gasteiger partial charge in [0, 0.05) is 28.9 Å². The highest BCUT2D eigenvalue weighted by atomic mass is 32.1. The fourth-order valence-corrected chi connectivity index (χ4v) is 3.72. The number of rotatable bonds is 6. The van der Waals surface area contributed by atoms with Crippen LogP contribution in [-0.4, -0.2) is 20.6 Å². The first kappa shape index (κ1) is 18.3. The van der Waals surface area contributed by atoms with Crippen LogP contribution < -0.4 is 0 Å². The topological polar surface area (TPSA) is 55.1 Å². The number of carboxylic acid groups (broad SMARTS) is 1. The first-order chi connectivity index (χ1) is 12.4. The molecule has 0 radical (unpaired) electrons. The van der Waals surface area contributed by atoms with Gasteiger partial charge in [-0.3, -0.25) is 0 Å². The summed E-state index contributed by atoms with van der Waals surface area (Å²) in [4.78, 5) is 16.2. The Balaban J connectivity index is 2.16. The zero-order valence-electron chi connectivity index (χ0n) is 14.4. The molecule has 3 rings (SSSR count). The molecule has 0 aliphatic rings. The molecule has 0 unspecified atom stereocenters. The van der Waals surface area contributed by atoms with E-state index in [1.54, 1.807) is 17.8 Å². The lowest BCUT2D eigenvalue weighted by Crippen LogP contribution is -2.11.